The summed E-state index contributed by atoms with van der Waals surface area (Å²) < 4.78 is 0. The van der Waals surface area contributed by atoms with E-state index in [0.717, 1.165) is 31.6 Å². The standard InChI is InChI=1S/C21H22N2O/c1-15-5-3-4-6-20(15)17-9-11-23(12-10-17)21-13-18(16(2)24)7-8-19(21)14-22/h3-8,13,17H,9-12H2,1-2H3. The van der Waals surface area contributed by atoms with Gasteiger partial charge < -0.3 is 4.90 Å². The topological polar surface area (TPSA) is 44.1 Å². The van der Waals surface area contributed by atoms with E-state index in [1.807, 2.05) is 6.07 Å². The van der Waals surface area contributed by atoms with Gasteiger partial charge >= 0.3 is 0 Å². The van der Waals surface area contributed by atoms with E-state index in [9.17, 15) is 10.1 Å². The number of carbonyl (C=O) groups is 1. The zero-order valence-corrected chi connectivity index (χ0v) is 14.2. The zero-order chi connectivity index (χ0) is 17.1. The predicted molar refractivity (Wildman–Crippen MR) is 96.5 cm³/mol. The van der Waals surface area contributed by atoms with Crippen molar-refractivity contribution in [1.29, 1.82) is 5.26 Å². The molecule has 0 N–H and O–H groups in total. The second-order valence-electron chi connectivity index (χ2n) is 6.52. The summed E-state index contributed by atoms with van der Waals surface area (Å²) in [5.74, 6) is 0.611. The average molecular weight is 318 g/mol. The van der Waals surface area contributed by atoms with Crippen LogP contribution in [0.4, 0.5) is 5.69 Å². The van der Waals surface area contributed by atoms with E-state index in [-0.39, 0.29) is 5.78 Å². The van der Waals surface area contributed by atoms with E-state index in [4.69, 9.17) is 0 Å². The van der Waals surface area contributed by atoms with Crippen LogP contribution >= 0.6 is 0 Å². The number of anilines is 1. The van der Waals surface area contributed by atoms with Crippen LogP contribution in [0.5, 0.6) is 0 Å². The maximum absolute atomic E-state index is 11.7. The molecule has 2 aromatic carbocycles. The Hall–Kier alpha value is -2.60. The number of benzene rings is 2. The van der Waals surface area contributed by atoms with Gasteiger partial charge in [0.15, 0.2) is 5.78 Å². The van der Waals surface area contributed by atoms with Crippen LogP contribution in [0.25, 0.3) is 0 Å². The van der Waals surface area contributed by atoms with Gasteiger partial charge in [-0.3, -0.25) is 4.79 Å². The van der Waals surface area contributed by atoms with Gasteiger partial charge in [0.2, 0.25) is 0 Å². The lowest BCUT2D eigenvalue weighted by Gasteiger charge is -2.35. The molecule has 0 amide bonds. The number of nitrogens with zero attached hydrogens (tertiary/aromatic N) is 2. The molecule has 1 aliphatic heterocycles. The molecule has 0 unspecified atom stereocenters. The van der Waals surface area contributed by atoms with Crippen molar-refractivity contribution in [2.75, 3.05) is 18.0 Å². The number of hydrogen-bond donors (Lipinski definition) is 0. The fourth-order valence-corrected chi connectivity index (χ4v) is 3.58. The number of carbonyl (C=O) groups excluding carboxylic acids is 1. The molecular formula is C21H22N2O. The molecule has 0 atom stereocenters. The lowest BCUT2D eigenvalue weighted by atomic mass is 9.86. The highest BCUT2D eigenvalue weighted by atomic mass is 16.1. The summed E-state index contributed by atoms with van der Waals surface area (Å²) in [6.45, 7) is 5.56. The molecule has 0 bridgehead atoms. The minimum absolute atomic E-state index is 0.0375. The molecule has 0 aromatic heterocycles. The fourth-order valence-electron chi connectivity index (χ4n) is 3.58. The molecule has 3 nitrogen and oxygen atoms in total. The molecule has 3 rings (SSSR count). The van der Waals surface area contributed by atoms with Crippen molar-refractivity contribution in [2.24, 2.45) is 0 Å². The van der Waals surface area contributed by atoms with E-state index >= 15 is 0 Å². The third-order valence-corrected chi connectivity index (χ3v) is 4.99. The summed E-state index contributed by atoms with van der Waals surface area (Å²) in [5.41, 5.74) is 5.01. The molecule has 2 aromatic rings. The normalized spacial score (nSPS) is 15.1. The van der Waals surface area contributed by atoms with Crippen LogP contribution in [0.1, 0.15) is 52.7 Å². The lowest BCUT2D eigenvalue weighted by Crippen LogP contribution is -2.33. The quantitative estimate of drug-likeness (QED) is 0.785. The smallest absolute Gasteiger partial charge is 0.159 e. The predicted octanol–water partition coefficient (Wildman–Crippen LogP) is 4.45. The molecule has 1 aliphatic rings. The maximum atomic E-state index is 11.7. The third kappa shape index (κ3) is 3.19. The molecule has 0 spiro atoms. The Bertz CT molecular complexity index is 796. The first-order chi connectivity index (χ1) is 11.6. The lowest BCUT2D eigenvalue weighted by molar-refractivity contribution is 0.101. The zero-order valence-electron chi connectivity index (χ0n) is 14.2. The Morgan fingerprint density at radius 3 is 2.50 bits per heavy atom. The summed E-state index contributed by atoms with van der Waals surface area (Å²) in [5, 5.41) is 9.38. The van der Waals surface area contributed by atoms with Crippen molar-refractivity contribution in [3.05, 3.63) is 64.7 Å². The van der Waals surface area contributed by atoms with Crippen LogP contribution in [-0.2, 0) is 0 Å². The van der Waals surface area contributed by atoms with E-state index in [2.05, 4.69) is 42.2 Å². The van der Waals surface area contributed by atoms with Crippen LogP contribution in [0.15, 0.2) is 42.5 Å². The largest absolute Gasteiger partial charge is 0.370 e. The Labute approximate surface area is 143 Å². The number of aryl methyl sites for hydroxylation is 1. The summed E-state index contributed by atoms with van der Waals surface area (Å²) in [6.07, 6.45) is 2.14. The number of rotatable bonds is 3. The molecule has 1 fully saturated rings. The molecule has 1 saturated heterocycles. The van der Waals surface area contributed by atoms with Crippen LogP contribution in [-0.4, -0.2) is 18.9 Å². The highest BCUT2D eigenvalue weighted by molar-refractivity contribution is 5.95. The molecule has 24 heavy (non-hydrogen) atoms. The summed E-state index contributed by atoms with van der Waals surface area (Å²) in [4.78, 5) is 13.9. The van der Waals surface area contributed by atoms with Crippen molar-refractivity contribution in [3.63, 3.8) is 0 Å². The summed E-state index contributed by atoms with van der Waals surface area (Å²) in [7, 11) is 0. The molecular weight excluding hydrogens is 296 g/mol. The van der Waals surface area contributed by atoms with Gasteiger partial charge in [-0.1, -0.05) is 24.3 Å². The van der Waals surface area contributed by atoms with E-state index in [0.29, 0.717) is 17.0 Å². The Balaban J connectivity index is 1.80. The first-order valence-corrected chi connectivity index (χ1v) is 8.45. The minimum Gasteiger partial charge on any atom is -0.370 e. The van der Waals surface area contributed by atoms with Crippen molar-refractivity contribution in [1.82, 2.24) is 0 Å². The number of hydrogen-bond acceptors (Lipinski definition) is 3. The van der Waals surface area contributed by atoms with Crippen LogP contribution < -0.4 is 4.90 Å². The Morgan fingerprint density at radius 2 is 1.88 bits per heavy atom. The van der Waals surface area contributed by atoms with Gasteiger partial charge in [0, 0.05) is 18.7 Å². The molecule has 1 heterocycles. The van der Waals surface area contributed by atoms with Gasteiger partial charge in [0.1, 0.15) is 6.07 Å². The van der Waals surface area contributed by atoms with Crippen molar-refractivity contribution >= 4 is 11.5 Å². The molecule has 0 aliphatic carbocycles. The van der Waals surface area contributed by atoms with Crippen LogP contribution in [0.3, 0.4) is 0 Å². The maximum Gasteiger partial charge on any atom is 0.159 e. The monoisotopic (exact) mass is 318 g/mol. The highest BCUT2D eigenvalue weighted by Crippen LogP contribution is 2.33. The minimum atomic E-state index is 0.0375. The second-order valence-corrected chi connectivity index (χ2v) is 6.52. The molecule has 0 radical (unpaired) electrons. The SMILES string of the molecule is CC(=O)c1ccc(C#N)c(N2CCC(c3ccccc3C)CC2)c1. The van der Waals surface area contributed by atoms with E-state index in [1.54, 1.807) is 19.1 Å². The van der Waals surface area contributed by atoms with Crippen molar-refractivity contribution in [3.8, 4) is 6.07 Å². The Morgan fingerprint density at radius 1 is 1.17 bits per heavy atom. The summed E-state index contributed by atoms with van der Waals surface area (Å²) in [6, 6.07) is 16.2. The van der Waals surface area contributed by atoms with Crippen LogP contribution in [0, 0.1) is 18.3 Å². The first kappa shape index (κ1) is 16.3. The number of ketones is 1. The van der Waals surface area contributed by atoms with Gasteiger partial charge in [0.05, 0.1) is 11.3 Å². The van der Waals surface area contributed by atoms with Crippen molar-refractivity contribution < 1.29 is 4.79 Å². The summed E-state index contributed by atoms with van der Waals surface area (Å²) >= 11 is 0. The molecule has 3 heteroatoms. The number of piperidine rings is 1. The van der Waals surface area contributed by atoms with Gasteiger partial charge in [-0.25, -0.2) is 0 Å². The van der Waals surface area contributed by atoms with Gasteiger partial charge in [-0.15, -0.1) is 0 Å². The Kier molecular flexibility index (Phi) is 4.66. The van der Waals surface area contributed by atoms with Crippen molar-refractivity contribution in [2.45, 2.75) is 32.6 Å². The van der Waals surface area contributed by atoms with E-state index in [1.165, 1.54) is 11.1 Å². The van der Waals surface area contributed by atoms with Gasteiger partial charge in [-0.2, -0.15) is 5.26 Å². The molecule has 0 saturated carbocycles. The van der Waals surface area contributed by atoms with Gasteiger partial charge in [0.25, 0.3) is 0 Å². The first-order valence-electron chi connectivity index (χ1n) is 8.45. The number of Topliss-reactive ketones (excluding diaryl/α,β-unsaturated/α-hetero) is 1. The number of nitriles is 1. The highest BCUT2D eigenvalue weighted by Gasteiger charge is 2.23. The van der Waals surface area contributed by atoms with E-state index < -0.39 is 0 Å². The fraction of sp³-hybridized carbons (Fsp3) is 0.333. The van der Waals surface area contributed by atoms with Crippen LogP contribution in [0.2, 0.25) is 0 Å². The van der Waals surface area contributed by atoms with Gasteiger partial charge in [-0.05, 0) is 61.9 Å². The third-order valence-electron chi connectivity index (χ3n) is 4.99. The average Bonchev–Trinajstić information content (AvgIpc) is 2.61. The molecule has 122 valence electrons. The second kappa shape index (κ2) is 6.88.